The molecule has 0 amide bonds. The molecule has 0 aliphatic carbocycles. The van der Waals surface area contributed by atoms with E-state index >= 15 is 0 Å². The summed E-state index contributed by atoms with van der Waals surface area (Å²) in [4.78, 5) is 0. The van der Waals surface area contributed by atoms with Gasteiger partial charge in [0, 0.05) is 37.9 Å². The third-order valence-electron chi connectivity index (χ3n) is 13.1. The highest BCUT2D eigenvalue weighted by atomic mass is 35.5. The molecule has 0 aliphatic rings. The first-order valence-corrected chi connectivity index (χ1v) is 25.0. The van der Waals surface area contributed by atoms with Crippen molar-refractivity contribution >= 4 is 44.3 Å². The van der Waals surface area contributed by atoms with E-state index in [1.807, 2.05) is 36.4 Å². The first kappa shape index (κ1) is 48.1. The van der Waals surface area contributed by atoms with Crippen molar-refractivity contribution in [3.63, 3.8) is 0 Å². The van der Waals surface area contributed by atoms with E-state index in [0.29, 0.717) is 0 Å². The Bertz CT molecular complexity index is 3590. The van der Waals surface area contributed by atoms with E-state index in [1.54, 1.807) is 7.11 Å². The number of rotatable bonds is 10. The van der Waals surface area contributed by atoms with Crippen molar-refractivity contribution in [1.29, 1.82) is 0 Å². The van der Waals surface area contributed by atoms with Gasteiger partial charge in [-0.2, -0.15) is 15.3 Å². The maximum atomic E-state index is 5.98. The van der Waals surface area contributed by atoms with E-state index < -0.39 is 0 Å². The Balaban J connectivity index is 0.000000126. The van der Waals surface area contributed by atoms with Crippen molar-refractivity contribution in [3.05, 3.63) is 262 Å². The van der Waals surface area contributed by atoms with E-state index in [0.717, 1.165) is 69.6 Å². The fraction of sp³-hybridized carbons (Fsp3) is 0.123. The largest absolute Gasteiger partial charge is 0.497 e. The zero-order chi connectivity index (χ0) is 50.3. The summed E-state index contributed by atoms with van der Waals surface area (Å²) in [7, 11) is 1.68. The number of hydrogen-bond donors (Lipinski definition) is 0. The van der Waals surface area contributed by atoms with Crippen molar-refractivity contribution in [2.75, 3.05) is 7.11 Å². The summed E-state index contributed by atoms with van der Waals surface area (Å²) in [5.74, 6) is 0.870. The number of ether oxygens (including phenoxy) is 1. The van der Waals surface area contributed by atoms with Crippen LogP contribution < -0.4 is 4.74 Å². The van der Waals surface area contributed by atoms with Gasteiger partial charge < -0.3 is 4.74 Å². The quantitative estimate of drug-likeness (QED) is 0.137. The standard InChI is InChI=1S/C22H20N2O.C22H20N2.C21H17ClN2/c1-16-7-11-18(12-8-16)22-20-5-3-4-6-21(20)24(23-22)15-17-9-13-19(25-2)14-10-17;1-16-7-11-18(12-8-16)15-24-21-6-4-3-5-20(21)22(23-24)19-13-9-17(2)10-14-19;1-15-6-10-17(11-7-15)21-19-4-2-3-5-20(19)24(23-21)14-16-8-12-18(22)13-9-16/h3-14H,15H2,1-2H3;3-14H,15H2,1-2H3;2-13H,14H2,1H3. The summed E-state index contributed by atoms with van der Waals surface area (Å²) in [6, 6.07) is 75.6. The minimum Gasteiger partial charge on any atom is -0.497 e. The number of nitrogens with zero attached hydrogens (tertiary/aromatic N) is 6. The molecule has 9 aromatic carbocycles. The monoisotopic (exact) mass is 972 g/mol. The van der Waals surface area contributed by atoms with Gasteiger partial charge in [-0.1, -0.05) is 210 Å². The third kappa shape index (κ3) is 11.2. The Hall–Kier alpha value is -8.52. The number of para-hydroxylation sites is 3. The van der Waals surface area contributed by atoms with Crippen molar-refractivity contribution in [2.45, 2.75) is 47.3 Å². The van der Waals surface area contributed by atoms with Gasteiger partial charge in [-0.25, -0.2) is 0 Å². The van der Waals surface area contributed by atoms with Gasteiger partial charge in [-0.15, -0.1) is 0 Å². The molecule has 0 N–H and O–H groups in total. The second-order valence-electron chi connectivity index (χ2n) is 18.6. The number of halogens is 1. The first-order valence-electron chi connectivity index (χ1n) is 24.7. The van der Waals surface area contributed by atoms with Crippen LogP contribution in [0.5, 0.6) is 5.75 Å². The number of fused-ring (bicyclic) bond motifs is 3. The molecule has 0 fully saturated rings. The van der Waals surface area contributed by atoms with E-state index in [1.165, 1.54) is 66.2 Å². The number of benzene rings is 9. The summed E-state index contributed by atoms with van der Waals surface area (Å²) in [6.07, 6.45) is 0. The Morgan fingerprint density at radius 3 is 0.932 bits per heavy atom. The van der Waals surface area contributed by atoms with Gasteiger partial charge in [-0.3, -0.25) is 14.0 Å². The molecule has 0 aliphatic heterocycles. The molecule has 0 saturated heterocycles. The van der Waals surface area contributed by atoms with Crippen LogP contribution in [0, 0.1) is 27.7 Å². The van der Waals surface area contributed by atoms with Gasteiger partial charge in [0.15, 0.2) is 0 Å². The Kier molecular flexibility index (Phi) is 14.4. The lowest BCUT2D eigenvalue weighted by atomic mass is 10.1. The Morgan fingerprint density at radius 2 is 0.616 bits per heavy atom. The molecule has 360 valence electrons. The van der Waals surface area contributed by atoms with E-state index in [4.69, 9.17) is 31.6 Å². The maximum Gasteiger partial charge on any atom is 0.118 e. The summed E-state index contributed by atoms with van der Waals surface area (Å²) in [5, 5.41) is 19.0. The normalized spacial score (nSPS) is 11.0. The molecule has 0 spiro atoms. The molecule has 3 aromatic heterocycles. The lowest BCUT2D eigenvalue weighted by Crippen LogP contribution is -2.01. The van der Waals surface area contributed by atoms with Crippen molar-refractivity contribution in [3.8, 4) is 39.5 Å². The molecule has 3 heterocycles. The average molecular weight is 974 g/mol. The maximum absolute atomic E-state index is 5.98. The van der Waals surface area contributed by atoms with Gasteiger partial charge in [0.1, 0.15) is 22.8 Å². The number of hydrogen-bond acceptors (Lipinski definition) is 4. The van der Waals surface area contributed by atoms with Gasteiger partial charge in [0.2, 0.25) is 0 Å². The summed E-state index contributed by atoms with van der Waals surface area (Å²) >= 11 is 5.98. The summed E-state index contributed by atoms with van der Waals surface area (Å²) in [6.45, 7) is 10.7. The summed E-state index contributed by atoms with van der Waals surface area (Å²) in [5.41, 5.74) is 18.7. The molecule has 0 atom stereocenters. The molecular formula is C65H57ClN6O. The predicted octanol–water partition coefficient (Wildman–Crippen LogP) is 16.2. The number of aryl methyl sites for hydroxylation is 4. The minimum absolute atomic E-state index is 0.726. The zero-order valence-electron chi connectivity index (χ0n) is 41.9. The number of methoxy groups -OCH3 is 1. The molecular weight excluding hydrogens is 916 g/mol. The summed E-state index contributed by atoms with van der Waals surface area (Å²) < 4.78 is 11.5. The van der Waals surface area contributed by atoms with Crippen LogP contribution in [0.1, 0.15) is 38.9 Å². The van der Waals surface area contributed by atoms with Crippen molar-refractivity contribution in [1.82, 2.24) is 29.3 Å². The van der Waals surface area contributed by atoms with Crippen LogP contribution in [0.15, 0.2) is 218 Å². The van der Waals surface area contributed by atoms with Gasteiger partial charge in [0.25, 0.3) is 0 Å². The Morgan fingerprint density at radius 1 is 0.342 bits per heavy atom. The van der Waals surface area contributed by atoms with Crippen LogP contribution in [-0.2, 0) is 19.6 Å². The van der Waals surface area contributed by atoms with E-state index in [2.05, 4.69) is 224 Å². The minimum atomic E-state index is 0.726. The van der Waals surface area contributed by atoms with Crippen LogP contribution in [-0.4, -0.2) is 36.5 Å². The second kappa shape index (κ2) is 21.9. The molecule has 0 saturated carbocycles. The van der Waals surface area contributed by atoms with E-state index in [9.17, 15) is 0 Å². The highest BCUT2D eigenvalue weighted by Crippen LogP contribution is 2.32. The third-order valence-corrected chi connectivity index (χ3v) is 13.4. The number of aromatic nitrogens is 6. The van der Waals surface area contributed by atoms with Gasteiger partial charge in [-0.05, 0) is 86.8 Å². The molecule has 0 unspecified atom stereocenters. The molecule has 0 radical (unpaired) electrons. The molecule has 12 aromatic rings. The molecule has 12 rings (SSSR count). The molecule has 7 nitrogen and oxygen atoms in total. The highest BCUT2D eigenvalue weighted by molar-refractivity contribution is 6.30. The van der Waals surface area contributed by atoms with Crippen LogP contribution in [0.4, 0.5) is 0 Å². The Labute approximate surface area is 432 Å². The van der Waals surface area contributed by atoms with Crippen molar-refractivity contribution in [2.24, 2.45) is 0 Å². The van der Waals surface area contributed by atoms with Gasteiger partial charge >= 0.3 is 0 Å². The van der Waals surface area contributed by atoms with Crippen LogP contribution in [0.3, 0.4) is 0 Å². The average Bonchev–Trinajstić information content (AvgIpc) is 4.10. The topological polar surface area (TPSA) is 62.7 Å². The predicted molar refractivity (Wildman–Crippen MR) is 303 cm³/mol. The molecule has 8 heteroatoms. The van der Waals surface area contributed by atoms with E-state index in [-0.39, 0.29) is 0 Å². The van der Waals surface area contributed by atoms with Crippen molar-refractivity contribution < 1.29 is 4.74 Å². The van der Waals surface area contributed by atoms with Gasteiger partial charge in [0.05, 0.1) is 43.3 Å². The SMILES string of the molecule is COc1ccc(Cn2nc(-c3ccc(C)cc3)c3ccccc32)cc1.Cc1ccc(-c2nn(Cc3ccc(Cl)cc3)c3ccccc23)cc1.Cc1ccc(Cn2nc(-c3ccc(C)cc3)c3ccccc32)cc1. The highest BCUT2D eigenvalue weighted by Gasteiger charge is 2.15. The lowest BCUT2D eigenvalue weighted by molar-refractivity contribution is 0.414. The van der Waals surface area contributed by atoms with Crippen LogP contribution in [0.25, 0.3) is 66.5 Å². The fourth-order valence-corrected chi connectivity index (χ4v) is 9.18. The second-order valence-corrected chi connectivity index (χ2v) is 19.1. The van der Waals surface area contributed by atoms with Crippen LogP contribution >= 0.6 is 11.6 Å². The zero-order valence-corrected chi connectivity index (χ0v) is 42.6. The lowest BCUT2D eigenvalue weighted by Gasteiger charge is -2.05. The molecule has 73 heavy (non-hydrogen) atoms. The molecule has 0 bridgehead atoms. The fourth-order valence-electron chi connectivity index (χ4n) is 9.05. The first-order chi connectivity index (χ1) is 35.6. The smallest absolute Gasteiger partial charge is 0.118 e. The van der Waals surface area contributed by atoms with Crippen LogP contribution in [0.2, 0.25) is 5.02 Å².